The van der Waals surface area contributed by atoms with E-state index in [1.54, 1.807) is 44.3 Å². The molecule has 37 heavy (non-hydrogen) atoms. The minimum atomic E-state index is -4.42. The van der Waals surface area contributed by atoms with Gasteiger partial charge in [-0.05, 0) is 43.1 Å². The van der Waals surface area contributed by atoms with Crippen molar-refractivity contribution in [3.63, 3.8) is 0 Å². The first kappa shape index (κ1) is 26.7. The van der Waals surface area contributed by atoms with Crippen molar-refractivity contribution in [1.82, 2.24) is 19.1 Å². The lowest BCUT2D eigenvalue weighted by Crippen LogP contribution is -2.32. The summed E-state index contributed by atoms with van der Waals surface area (Å²) < 4.78 is 61.5. The number of hydrogen-bond donors (Lipinski definition) is 0. The van der Waals surface area contributed by atoms with Crippen molar-refractivity contribution in [2.45, 2.75) is 45.7 Å². The van der Waals surface area contributed by atoms with Crippen molar-refractivity contribution >= 4 is 39.2 Å². The summed E-state index contributed by atoms with van der Waals surface area (Å²) in [7, 11) is 0. The van der Waals surface area contributed by atoms with E-state index in [0.29, 0.717) is 27.4 Å². The summed E-state index contributed by atoms with van der Waals surface area (Å²) in [5.74, 6) is 0.0144. The molecule has 0 spiro atoms. The van der Waals surface area contributed by atoms with E-state index in [1.165, 1.54) is 12.3 Å². The van der Waals surface area contributed by atoms with Crippen molar-refractivity contribution < 1.29 is 32.2 Å². The number of halogens is 4. The van der Waals surface area contributed by atoms with E-state index in [9.17, 15) is 18.0 Å². The number of rotatable bonds is 10. The molecule has 3 heterocycles. The molecule has 0 fully saturated rings. The monoisotopic (exact) mass is 554 g/mol. The molecule has 0 amide bonds. The number of hydrogen-bond acceptors (Lipinski definition) is 8. The van der Waals surface area contributed by atoms with Crippen LogP contribution in [0.25, 0.3) is 10.1 Å². The van der Waals surface area contributed by atoms with Crippen LogP contribution >= 0.6 is 23.1 Å². The lowest BCUT2D eigenvalue weighted by Gasteiger charge is -2.19. The predicted octanol–water partition coefficient (Wildman–Crippen LogP) is 5.54. The van der Waals surface area contributed by atoms with E-state index < -0.39 is 24.8 Å². The maximum Gasteiger partial charge on any atom is 0.408 e. The predicted molar refractivity (Wildman–Crippen MR) is 131 cm³/mol. The fraction of sp³-hybridized carbons (Fsp3) is 0.333. The molecule has 0 N–H and O–H groups in total. The van der Waals surface area contributed by atoms with E-state index in [4.69, 9.17) is 25.8 Å². The topological polar surface area (TPSA) is 88.4 Å². The van der Waals surface area contributed by atoms with Gasteiger partial charge >= 0.3 is 12.1 Å². The molecule has 4 rings (SSSR count). The average Bonchev–Trinajstić information content (AvgIpc) is 3.46. The summed E-state index contributed by atoms with van der Waals surface area (Å²) in [6.45, 7) is 2.24. The second-order valence-electron chi connectivity index (χ2n) is 7.96. The van der Waals surface area contributed by atoms with Crippen molar-refractivity contribution in [2.24, 2.45) is 0 Å². The Morgan fingerprint density at radius 3 is 2.78 bits per heavy atom. The fourth-order valence-corrected chi connectivity index (χ4v) is 4.51. The van der Waals surface area contributed by atoms with Crippen LogP contribution in [-0.2, 0) is 29.1 Å². The van der Waals surface area contributed by atoms with Crippen molar-refractivity contribution in [3.8, 4) is 11.6 Å². The molecule has 3 aromatic heterocycles. The van der Waals surface area contributed by atoms with Gasteiger partial charge in [0.25, 0.3) is 0 Å². The Kier molecular flexibility index (Phi) is 8.18. The van der Waals surface area contributed by atoms with E-state index in [-0.39, 0.29) is 31.2 Å². The standard InChI is InChI=1S/C24H22ClF3N4O4S/c1-3-34-23(33)18(36-22-20-14(2)21(25)29-11-19(20)37-31-22)10-15-6-4-5-7-17(15)35-12-16-8-9-30-32(16)13-24(26,27)28/h4-9,11,18H,3,10,12-13H2,1-2H3. The summed E-state index contributed by atoms with van der Waals surface area (Å²) in [6, 6.07) is 8.33. The maximum atomic E-state index is 12.8. The summed E-state index contributed by atoms with van der Waals surface area (Å²) in [5, 5.41) is 4.68. The number of pyridine rings is 1. The average molecular weight is 555 g/mol. The zero-order valence-corrected chi connectivity index (χ0v) is 21.4. The summed E-state index contributed by atoms with van der Waals surface area (Å²) in [4.78, 5) is 16.9. The number of para-hydroxylation sites is 1. The number of nitrogens with zero attached hydrogens (tertiary/aromatic N) is 4. The first-order valence-electron chi connectivity index (χ1n) is 11.2. The van der Waals surface area contributed by atoms with Gasteiger partial charge < -0.3 is 14.2 Å². The molecule has 0 saturated carbocycles. The highest BCUT2D eigenvalue weighted by Gasteiger charge is 2.30. The summed E-state index contributed by atoms with van der Waals surface area (Å²) in [5.41, 5.74) is 1.52. The Hall–Kier alpha value is -3.38. The van der Waals surface area contributed by atoms with Crippen LogP contribution in [0.4, 0.5) is 13.2 Å². The van der Waals surface area contributed by atoms with Gasteiger partial charge in [0.05, 0.1) is 22.4 Å². The van der Waals surface area contributed by atoms with Gasteiger partial charge in [-0.1, -0.05) is 29.8 Å². The third-order valence-corrected chi connectivity index (χ3v) is 6.50. The second-order valence-corrected chi connectivity index (χ2v) is 9.12. The zero-order chi connectivity index (χ0) is 26.6. The smallest absolute Gasteiger partial charge is 0.408 e. The number of esters is 1. The number of aryl methyl sites for hydroxylation is 1. The van der Waals surface area contributed by atoms with Crippen LogP contribution in [0.15, 0.2) is 42.7 Å². The van der Waals surface area contributed by atoms with Gasteiger partial charge in [0.1, 0.15) is 24.1 Å². The molecule has 4 aromatic rings. The normalized spacial score (nSPS) is 12.5. The van der Waals surface area contributed by atoms with Gasteiger partial charge in [0.15, 0.2) is 0 Å². The van der Waals surface area contributed by atoms with Gasteiger partial charge in [-0.25, -0.2) is 9.78 Å². The van der Waals surface area contributed by atoms with E-state index >= 15 is 0 Å². The molecule has 1 atom stereocenters. The molecule has 0 aliphatic heterocycles. The van der Waals surface area contributed by atoms with Crippen LogP contribution in [0.3, 0.4) is 0 Å². The molecule has 196 valence electrons. The Bertz CT molecular complexity index is 1390. The van der Waals surface area contributed by atoms with E-state index in [0.717, 1.165) is 20.9 Å². The molecule has 0 aliphatic rings. The molecule has 13 heteroatoms. The number of carbonyl (C=O) groups excluding carboxylic acids is 1. The highest BCUT2D eigenvalue weighted by molar-refractivity contribution is 7.13. The SMILES string of the molecule is CCOC(=O)C(Cc1ccccc1OCc1ccnn1CC(F)(F)F)Oc1nsc2cnc(Cl)c(C)c12. The summed E-state index contributed by atoms with van der Waals surface area (Å²) in [6.07, 6.45) is -2.56. The van der Waals surface area contributed by atoms with Crippen molar-refractivity contribution in [2.75, 3.05) is 6.61 Å². The van der Waals surface area contributed by atoms with Gasteiger partial charge in [-0.2, -0.15) is 22.6 Å². The number of aromatic nitrogens is 4. The molecule has 0 bridgehead atoms. The lowest BCUT2D eigenvalue weighted by molar-refractivity contribution is -0.151. The Morgan fingerprint density at radius 1 is 1.24 bits per heavy atom. The van der Waals surface area contributed by atoms with Gasteiger partial charge in [0, 0.05) is 24.4 Å². The third-order valence-electron chi connectivity index (χ3n) is 5.36. The molecule has 8 nitrogen and oxygen atoms in total. The minimum Gasteiger partial charge on any atom is -0.487 e. The molecule has 1 unspecified atom stereocenters. The van der Waals surface area contributed by atoms with Crippen LogP contribution in [0.2, 0.25) is 5.15 Å². The number of fused-ring (bicyclic) bond motifs is 1. The maximum absolute atomic E-state index is 12.8. The number of alkyl halides is 3. The molecule has 0 aliphatic carbocycles. The molecule has 0 saturated heterocycles. The van der Waals surface area contributed by atoms with E-state index in [2.05, 4.69) is 14.5 Å². The molecule has 1 aromatic carbocycles. The Morgan fingerprint density at radius 2 is 2.03 bits per heavy atom. The Balaban J connectivity index is 1.56. The number of carbonyl (C=O) groups is 1. The molecular weight excluding hydrogens is 533 g/mol. The highest BCUT2D eigenvalue weighted by Crippen LogP contribution is 2.35. The van der Waals surface area contributed by atoms with Crippen molar-refractivity contribution in [1.29, 1.82) is 0 Å². The quantitative estimate of drug-likeness (QED) is 0.188. The largest absolute Gasteiger partial charge is 0.487 e. The van der Waals surface area contributed by atoms with Crippen LogP contribution < -0.4 is 9.47 Å². The Labute approximate surface area is 219 Å². The second kappa shape index (κ2) is 11.3. The van der Waals surface area contributed by atoms with Crippen LogP contribution in [-0.4, -0.2) is 44.0 Å². The van der Waals surface area contributed by atoms with Crippen LogP contribution in [0.5, 0.6) is 11.6 Å². The number of benzene rings is 1. The minimum absolute atomic E-state index is 0.0632. The van der Waals surface area contributed by atoms with Gasteiger partial charge in [0.2, 0.25) is 12.0 Å². The molecule has 0 radical (unpaired) electrons. The van der Waals surface area contributed by atoms with Gasteiger partial charge in [-0.3, -0.25) is 4.68 Å². The van der Waals surface area contributed by atoms with Crippen LogP contribution in [0.1, 0.15) is 23.7 Å². The molecular formula is C24H22ClF3N4O4S. The lowest BCUT2D eigenvalue weighted by atomic mass is 10.1. The summed E-state index contributed by atoms with van der Waals surface area (Å²) >= 11 is 7.34. The highest BCUT2D eigenvalue weighted by atomic mass is 35.5. The number of ether oxygens (including phenoxy) is 3. The fourth-order valence-electron chi connectivity index (χ4n) is 3.62. The first-order valence-corrected chi connectivity index (χ1v) is 12.3. The van der Waals surface area contributed by atoms with Crippen molar-refractivity contribution in [3.05, 3.63) is 64.7 Å². The van der Waals surface area contributed by atoms with Gasteiger partial charge in [-0.15, -0.1) is 0 Å². The van der Waals surface area contributed by atoms with E-state index in [1.807, 2.05) is 0 Å². The first-order chi connectivity index (χ1) is 17.7. The zero-order valence-electron chi connectivity index (χ0n) is 19.8. The third kappa shape index (κ3) is 6.50. The van der Waals surface area contributed by atoms with Crippen LogP contribution in [0, 0.1) is 6.92 Å².